The average Bonchev–Trinajstić information content (AvgIpc) is 2.58. The maximum absolute atomic E-state index is 12.3. The fourth-order valence-electron chi connectivity index (χ4n) is 5.61. The van der Waals surface area contributed by atoms with Crippen LogP contribution in [0.2, 0.25) is 0 Å². The van der Waals surface area contributed by atoms with E-state index >= 15 is 0 Å². The summed E-state index contributed by atoms with van der Waals surface area (Å²) < 4.78 is 0. The van der Waals surface area contributed by atoms with E-state index < -0.39 is 4.92 Å². The molecule has 1 amide bonds. The number of benzene rings is 1. The molecule has 5 rings (SSSR count). The van der Waals surface area contributed by atoms with Gasteiger partial charge in [-0.05, 0) is 75.3 Å². The van der Waals surface area contributed by atoms with Crippen molar-refractivity contribution in [1.82, 2.24) is 5.43 Å². The second-order valence-electron chi connectivity index (χ2n) is 8.14. The van der Waals surface area contributed by atoms with Gasteiger partial charge in [0.05, 0.1) is 4.92 Å². The molecule has 1 N–H and O–H groups in total. The number of non-ortho nitro benzene ring substituents is 1. The van der Waals surface area contributed by atoms with E-state index in [1.807, 2.05) is 6.92 Å². The summed E-state index contributed by atoms with van der Waals surface area (Å²) in [7, 11) is 0. The molecule has 0 radical (unpaired) electrons. The molecule has 4 saturated carbocycles. The van der Waals surface area contributed by atoms with E-state index in [2.05, 4.69) is 10.5 Å². The number of amides is 1. The summed E-state index contributed by atoms with van der Waals surface area (Å²) in [5.74, 6) is 2.18. The van der Waals surface area contributed by atoms with Gasteiger partial charge in [-0.25, -0.2) is 5.43 Å². The molecule has 1 aromatic rings. The molecule has 4 aliphatic carbocycles. The van der Waals surface area contributed by atoms with Crippen molar-refractivity contribution in [3.63, 3.8) is 0 Å². The van der Waals surface area contributed by atoms with Crippen LogP contribution in [0.5, 0.6) is 0 Å². The van der Waals surface area contributed by atoms with Crippen LogP contribution in [-0.4, -0.2) is 16.5 Å². The monoisotopic (exact) mass is 341 g/mol. The topological polar surface area (TPSA) is 84.6 Å². The molecule has 0 unspecified atom stereocenters. The molecule has 4 bridgehead atoms. The van der Waals surface area contributed by atoms with Crippen molar-refractivity contribution >= 4 is 17.3 Å². The van der Waals surface area contributed by atoms with Crippen molar-refractivity contribution < 1.29 is 9.72 Å². The lowest BCUT2D eigenvalue weighted by molar-refractivity contribution is -0.384. The Morgan fingerprint density at radius 3 is 2.12 bits per heavy atom. The van der Waals surface area contributed by atoms with E-state index in [9.17, 15) is 14.9 Å². The Kier molecular flexibility index (Phi) is 3.85. The molecule has 0 aliphatic heterocycles. The fourth-order valence-corrected chi connectivity index (χ4v) is 5.61. The molecule has 0 heterocycles. The summed E-state index contributed by atoms with van der Waals surface area (Å²) in [4.78, 5) is 22.5. The number of carbonyl (C=O) groups is 1. The third kappa shape index (κ3) is 2.94. The first-order valence-electron chi connectivity index (χ1n) is 9.05. The number of nitro groups is 1. The third-order valence-corrected chi connectivity index (χ3v) is 6.47. The van der Waals surface area contributed by atoms with Gasteiger partial charge in [0, 0.05) is 28.8 Å². The van der Waals surface area contributed by atoms with Gasteiger partial charge >= 0.3 is 0 Å². The Morgan fingerprint density at radius 2 is 1.64 bits per heavy atom. The number of nitrogens with one attached hydrogen (secondary N) is 1. The van der Waals surface area contributed by atoms with Crippen molar-refractivity contribution in [2.24, 2.45) is 28.3 Å². The molecule has 0 aromatic heterocycles. The van der Waals surface area contributed by atoms with Crippen LogP contribution in [0.4, 0.5) is 5.69 Å². The standard InChI is InChI=1S/C19H23N3O3/c1-12(19-9-13-6-14(10-19)8-15(7-13)11-19)20-21-18(23)16-2-4-17(5-3-16)22(24)25/h2-5,13-15H,6-11H2,1H3,(H,21,23)/b20-12+. The maximum atomic E-state index is 12.3. The molecular formula is C19H23N3O3. The zero-order valence-electron chi connectivity index (χ0n) is 14.4. The highest BCUT2D eigenvalue weighted by molar-refractivity contribution is 5.96. The Labute approximate surface area is 146 Å². The lowest BCUT2D eigenvalue weighted by Gasteiger charge is -2.56. The zero-order chi connectivity index (χ0) is 17.6. The third-order valence-electron chi connectivity index (χ3n) is 6.47. The van der Waals surface area contributed by atoms with E-state index in [0.29, 0.717) is 5.56 Å². The van der Waals surface area contributed by atoms with Crippen LogP contribution < -0.4 is 5.43 Å². The van der Waals surface area contributed by atoms with Crippen molar-refractivity contribution in [3.8, 4) is 0 Å². The molecular weight excluding hydrogens is 318 g/mol. The summed E-state index contributed by atoms with van der Waals surface area (Å²) in [6, 6.07) is 5.60. The van der Waals surface area contributed by atoms with Gasteiger partial charge in [0.1, 0.15) is 0 Å². The van der Waals surface area contributed by atoms with Gasteiger partial charge < -0.3 is 0 Å². The quantitative estimate of drug-likeness (QED) is 0.512. The smallest absolute Gasteiger partial charge is 0.267 e. The van der Waals surface area contributed by atoms with Gasteiger partial charge in [0.2, 0.25) is 0 Å². The highest BCUT2D eigenvalue weighted by Gasteiger charge is 2.52. The number of rotatable bonds is 4. The van der Waals surface area contributed by atoms with Gasteiger partial charge in [-0.2, -0.15) is 5.10 Å². The summed E-state index contributed by atoms with van der Waals surface area (Å²) in [6.07, 6.45) is 7.76. The molecule has 4 aliphatic rings. The van der Waals surface area contributed by atoms with Crippen LogP contribution in [0.15, 0.2) is 29.4 Å². The normalized spacial score (nSPS) is 33.3. The van der Waals surface area contributed by atoms with Crippen LogP contribution in [0, 0.1) is 33.3 Å². The van der Waals surface area contributed by atoms with Crippen LogP contribution in [0.25, 0.3) is 0 Å². The molecule has 1 aromatic carbocycles. The fraction of sp³-hybridized carbons (Fsp3) is 0.579. The minimum Gasteiger partial charge on any atom is -0.267 e. The van der Waals surface area contributed by atoms with Crippen molar-refractivity contribution in [3.05, 3.63) is 39.9 Å². The molecule has 0 saturated heterocycles. The van der Waals surface area contributed by atoms with Crippen LogP contribution in [0.3, 0.4) is 0 Å². The minimum absolute atomic E-state index is 0.0233. The second-order valence-corrected chi connectivity index (χ2v) is 8.14. The van der Waals surface area contributed by atoms with Crippen molar-refractivity contribution in [2.45, 2.75) is 45.4 Å². The van der Waals surface area contributed by atoms with Gasteiger partial charge in [-0.1, -0.05) is 0 Å². The summed E-state index contributed by atoms with van der Waals surface area (Å²) in [5.41, 5.74) is 4.23. The Balaban J connectivity index is 1.46. The first kappa shape index (κ1) is 16.2. The molecule has 0 spiro atoms. The summed E-state index contributed by atoms with van der Waals surface area (Å²) >= 11 is 0. The largest absolute Gasteiger partial charge is 0.271 e. The predicted octanol–water partition coefficient (Wildman–Crippen LogP) is 3.92. The number of hydrogen-bond acceptors (Lipinski definition) is 4. The number of carbonyl (C=O) groups excluding carboxylic acids is 1. The van der Waals surface area contributed by atoms with Crippen LogP contribution in [0.1, 0.15) is 55.8 Å². The first-order valence-corrected chi connectivity index (χ1v) is 9.05. The zero-order valence-corrected chi connectivity index (χ0v) is 14.4. The van der Waals surface area contributed by atoms with Gasteiger partial charge in [0.15, 0.2) is 0 Å². The molecule has 4 fully saturated rings. The SMILES string of the molecule is C/C(=N\NC(=O)c1ccc([N+](=O)[O-])cc1)C12CC3CC(CC(C3)C1)C2. The lowest BCUT2D eigenvalue weighted by Crippen LogP contribution is -2.49. The lowest BCUT2D eigenvalue weighted by atomic mass is 9.48. The predicted molar refractivity (Wildman–Crippen MR) is 94.3 cm³/mol. The molecule has 132 valence electrons. The van der Waals surface area contributed by atoms with E-state index in [4.69, 9.17) is 0 Å². The second kappa shape index (κ2) is 5.93. The van der Waals surface area contributed by atoms with E-state index in [-0.39, 0.29) is 17.0 Å². The van der Waals surface area contributed by atoms with E-state index in [0.717, 1.165) is 23.5 Å². The molecule has 6 heteroatoms. The summed E-state index contributed by atoms with van der Waals surface area (Å²) in [6.45, 7) is 2.04. The van der Waals surface area contributed by atoms with Crippen LogP contribution in [-0.2, 0) is 0 Å². The number of hydrogen-bond donors (Lipinski definition) is 1. The number of nitro benzene ring substituents is 1. The van der Waals surface area contributed by atoms with Gasteiger partial charge in [0.25, 0.3) is 11.6 Å². The van der Waals surface area contributed by atoms with E-state index in [1.165, 1.54) is 62.8 Å². The Hall–Kier alpha value is -2.24. The number of nitrogens with zero attached hydrogens (tertiary/aromatic N) is 2. The Morgan fingerprint density at radius 1 is 1.12 bits per heavy atom. The van der Waals surface area contributed by atoms with Crippen molar-refractivity contribution in [1.29, 1.82) is 0 Å². The van der Waals surface area contributed by atoms with Crippen molar-refractivity contribution in [2.75, 3.05) is 0 Å². The highest BCUT2D eigenvalue weighted by Crippen LogP contribution is 2.60. The molecule has 6 nitrogen and oxygen atoms in total. The van der Waals surface area contributed by atoms with E-state index in [1.54, 1.807) is 0 Å². The maximum Gasteiger partial charge on any atom is 0.271 e. The van der Waals surface area contributed by atoms with Gasteiger partial charge in [-0.15, -0.1) is 0 Å². The molecule has 0 atom stereocenters. The number of hydrazone groups is 1. The first-order chi connectivity index (χ1) is 11.9. The van der Waals surface area contributed by atoms with Gasteiger partial charge in [-0.3, -0.25) is 14.9 Å². The Bertz CT molecular complexity index is 704. The minimum atomic E-state index is -0.475. The molecule has 25 heavy (non-hydrogen) atoms. The highest BCUT2D eigenvalue weighted by atomic mass is 16.6. The van der Waals surface area contributed by atoms with Crippen LogP contribution >= 0.6 is 0 Å². The average molecular weight is 341 g/mol. The summed E-state index contributed by atoms with van der Waals surface area (Å²) in [5, 5.41) is 15.1.